The van der Waals surface area contributed by atoms with E-state index < -0.39 is 0 Å². The van der Waals surface area contributed by atoms with Crippen molar-refractivity contribution in [2.75, 3.05) is 13.6 Å². The van der Waals surface area contributed by atoms with Crippen molar-refractivity contribution in [3.05, 3.63) is 36.5 Å². The summed E-state index contributed by atoms with van der Waals surface area (Å²) in [6, 6.07) is 0. The van der Waals surface area contributed by atoms with Crippen molar-refractivity contribution in [1.82, 2.24) is 5.32 Å². The largest absolute Gasteiger partial charge is 0.369 e. The minimum atomic E-state index is -0.322. The third-order valence-electron chi connectivity index (χ3n) is 1.44. The first-order valence-corrected chi connectivity index (χ1v) is 5.98. The summed E-state index contributed by atoms with van der Waals surface area (Å²) in [5, 5.41) is 2.59. The normalized spacial score (nSPS) is 9.24. The van der Waals surface area contributed by atoms with Crippen LogP contribution in [0.4, 0.5) is 0 Å². The Morgan fingerprint density at radius 2 is 1.88 bits per heavy atom. The van der Waals surface area contributed by atoms with E-state index in [2.05, 4.69) is 18.8 Å². The first kappa shape index (κ1) is 21.0. The van der Waals surface area contributed by atoms with E-state index in [9.17, 15) is 4.79 Å². The maximum Gasteiger partial charge on any atom is 0.231 e. The molecular formula is C14H28N2O. The Morgan fingerprint density at radius 1 is 1.35 bits per heavy atom. The van der Waals surface area contributed by atoms with E-state index in [0.29, 0.717) is 0 Å². The van der Waals surface area contributed by atoms with Gasteiger partial charge in [-0.15, -0.1) is 0 Å². The van der Waals surface area contributed by atoms with Crippen LogP contribution in [-0.4, -0.2) is 19.5 Å². The van der Waals surface area contributed by atoms with Gasteiger partial charge in [-0.3, -0.25) is 4.79 Å². The maximum atomic E-state index is 9.76. The monoisotopic (exact) mass is 240 g/mol. The highest BCUT2D eigenvalue weighted by Crippen LogP contribution is 1.97. The number of carbonyl (C=O) groups is 1. The third kappa shape index (κ3) is 31.3. The van der Waals surface area contributed by atoms with Crippen molar-refractivity contribution in [2.24, 2.45) is 5.73 Å². The molecule has 3 nitrogen and oxygen atoms in total. The molecule has 3 N–H and O–H groups in total. The highest BCUT2D eigenvalue weighted by Gasteiger charge is 1.82. The SMILES string of the molecule is C=C(/C=C\C=C/C)CC.CC.CNCC(N)=O. The molecule has 0 rings (SSSR count). The van der Waals surface area contributed by atoms with Crippen molar-refractivity contribution < 1.29 is 4.79 Å². The number of allylic oxidation sites excluding steroid dienone is 5. The fraction of sp³-hybridized carbons (Fsp3) is 0.500. The number of primary amides is 1. The van der Waals surface area contributed by atoms with Crippen molar-refractivity contribution in [2.45, 2.75) is 34.1 Å². The zero-order valence-electron chi connectivity index (χ0n) is 11.9. The molecule has 0 aromatic heterocycles. The summed E-state index contributed by atoms with van der Waals surface area (Å²) >= 11 is 0. The summed E-state index contributed by atoms with van der Waals surface area (Å²) in [4.78, 5) is 9.76. The summed E-state index contributed by atoms with van der Waals surface area (Å²) in [6.45, 7) is 12.2. The standard InChI is InChI=1S/C9H14.C3H8N2O.C2H6/c1-4-6-7-8-9(3)5-2;1-5-2-3(4)6;1-2/h4,6-8H,3,5H2,1-2H3;5H,2H2,1H3,(H2,4,6);1-2H3/b6-4-,8-7-;;. The summed E-state index contributed by atoms with van der Waals surface area (Å²) in [6.07, 6.45) is 9.07. The molecule has 0 aromatic rings. The molecule has 0 aliphatic heterocycles. The number of nitrogens with one attached hydrogen (secondary N) is 1. The van der Waals surface area contributed by atoms with E-state index >= 15 is 0 Å². The van der Waals surface area contributed by atoms with E-state index in [4.69, 9.17) is 5.73 Å². The number of hydrogen-bond donors (Lipinski definition) is 2. The van der Waals surface area contributed by atoms with Crippen LogP contribution in [-0.2, 0) is 4.79 Å². The smallest absolute Gasteiger partial charge is 0.231 e. The third-order valence-corrected chi connectivity index (χ3v) is 1.44. The van der Waals surface area contributed by atoms with Gasteiger partial charge in [0.2, 0.25) is 5.91 Å². The predicted molar refractivity (Wildman–Crippen MR) is 77.9 cm³/mol. The number of likely N-dealkylation sites (N-methyl/N-ethyl adjacent to an activating group) is 1. The predicted octanol–water partition coefficient (Wildman–Crippen LogP) is 2.80. The van der Waals surface area contributed by atoms with Crippen molar-refractivity contribution in [1.29, 1.82) is 0 Å². The molecule has 0 bridgehead atoms. The van der Waals surface area contributed by atoms with E-state index in [1.54, 1.807) is 7.05 Å². The average molecular weight is 240 g/mol. The molecule has 0 unspecified atom stereocenters. The number of amides is 1. The van der Waals surface area contributed by atoms with E-state index in [0.717, 1.165) is 6.42 Å². The van der Waals surface area contributed by atoms with Crippen LogP contribution in [0.15, 0.2) is 36.5 Å². The molecule has 0 saturated carbocycles. The number of nitrogens with two attached hydrogens (primary N) is 1. The first-order valence-electron chi connectivity index (χ1n) is 5.98. The van der Waals surface area contributed by atoms with Crippen LogP contribution < -0.4 is 11.1 Å². The first-order chi connectivity index (χ1) is 8.08. The van der Waals surface area contributed by atoms with Gasteiger partial charge in [0.25, 0.3) is 0 Å². The second-order valence-corrected chi connectivity index (χ2v) is 2.89. The second kappa shape index (κ2) is 20.1. The van der Waals surface area contributed by atoms with Gasteiger partial charge in [-0.2, -0.15) is 0 Å². The number of hydrogen-bond acceptors (Lipinski definition) is 2. The molecule has 1 amide bonds. The lowest BCUT2D eigenvalue weighted by atomic mass is 10.2. The molecule has 0 aliphatic carbocycles. The molecule has 100 valence electrons. The molecule has 0 radical (unpaired) electrons. The van der Waals surface area contributed by atoms with Crippen LogP contribution in [0, 0.1) is 0 Å². The van der Waals surface area contributed by atoms with Crippen LogP contribution in [0.1, 0.15) is 34.1 Å². The molecule has 0 saturated heterocycles. The van der Waals surface area contributed by atoms with Crippen LogP contribution >= 0.6 is 0 Å². The zero-order valence-corrected chi connectivity index (χ0v) is 11.9. The molecule has 0 atom stereocenters. The lowest BCUT2D eigenvalue weighted by Crippen LogP contribution is -2.25. The average Bonchev–Trinajstić information content (AvgIpc) is 2.32. The number of carbonyl (C=O) groups excluding carboxylic acids is 1. The Bertz CT molecular complexity index is 230. The molecule has 0 aliphatic rings. The van der Waals surface area contributed by atoms with Crippen molar-refractivity contribution >= 4 is 5.91 Å². The van der Waals surface area contributed by atoms with Crippen LogP contribution in [0.5, 0.6) is 0 Å². The van der Waals surface area contributed by atoms with Crippen LogP contribution in [0.3, 0.4) is 0 Å². The van der Waals surface area contributed by atoms with Gasteiger partial charge in [-0.25, -0.2) is 0 Å². The Labute approximate surface area is 106 Å². The summed E-state index contributed by atoms with van der Waals surface area (Å²) in [5.74, 6) is -0.322. The molecule has 0 spiro atoms. The fourth-order valence-corrected chi connectivity index (χ4v) is 0.595. The van der Waals surface area contributed by atoms with Gasteiger partial charge < -0.3 is 11.1 Å². The fourth-order valence-electron chi connectivity index (χ4n) is 0.595. The van der Waals surface area contributed by atoms with Crippen LogP contribution in [0.2, 0.25) is 0 Å². The van der Waals surface area contributed by atoms with Gasteiger partial charge >= 0.3 is 0 Å². The van der Waals surface area contributed by atoms with Crippen molar-refractivity contribution in [3.8, 4) is 0 Å². The quantitative estimate of drug-likeness (QED) is 0.726. The van der Waals surface area contributed by atoms with E-state index in [1.165, 1.54) is 5.57 Å². The molecule has 0 fully saturated rings. The Balaban J connectivity index is -0.000000213. The summed E-state index contributed by atoms with van der Waals surface area (Å²) < 4.78 is 0. The number of rotatable bonds is 5. The molecule has 17 heavy (non-hydrogen) atoms. The van der Waals surface area contributed by atoms with E-state index in [-0.39, 0.29) is 12.5 Å². The van der Waals surface area contributed by atoms with Crippen LogP contribution in [0.25, 0.3) is 0 Å². The van der Waals surface area contributed by atoms with E-state index in [1.807, 2.05) is 45.1 Å². The lowest BCUT2D eigenvalue weighted by molar-refractivity contribution is -0.117. The Hall–Kier alpha value is -1.35. The zero-order chi connectivity index (χ0) is 14.1. The molecule has 0 aromatic carbocycles. The Kier molecular flexibility index (Phi) is 24.8. The van der Waals surface area contributed by atoms with Gasteiger partial charge in [0.05, 0.1) is 6.54 Å². The van der Waals surface area contributed by atoms with Gasteiger partial charge in [-0.1, -0.05) is 57.2 Å². The highest BCUT2D eigenvalue weighted by atomic mass is 16.1. The summed E-state index contributed by atoms with van der Waals surface area (Å²) in [5.41, 5.74) is 5.88. The molecular weight excluding hydrogens is 212 g/mol. The highest BCUT2D eigenvalue weighted by molar-refractivity contribution is 5.75. The van der Waals surface area contributed by atoms with Gasteiger partial charge in [-0.05, 0) is 20.4 Å². The molecule has 0 heterocycles. The summed E-state index contributed by atoms with van der Waals surface area (Å²) in [7, 11) is 1.67. The lowest BCUT2D eigenvalue weighted by Gasteiger charge is -1.86. The topological polar surface area (TPSA) is 55.1 Å². The minimum absolute atomic E-state index is 0.264. The van der Waals surface area contributed by atoms with Gasteiger partial charge in [0.1, 0.15) is 0 Å². The Morgan fingerprint density at radius 3 is 2.12 bits per heavy atom. The minimum Gasteiger partial charge on any atom is -0.369 e. The van der Waals surface area contributed by atoms with Crippen molar-refractivity contribution in [3.63, 3.8) is 0 Å². The molecule has 3 heteroatoms. The second-order valence-electron chi connectivity index (χ2n) is 2.89. The van der Waals surface area contributed by atoms with Gasteiger partial charge in [0, 0.05) is 0 Å². The maximum absolute atomic E-state index is 9.76. The van der Waals surface area contributed by atoms with Gasteiger partial charge in [0.15, 0.2) is 0 Å².